The van der Waals surface area contributed by atoms with E-state index in [1.807, 2.05) is 6.07 Å². The van der Waals surface area contributed by atoms with E-state index in [4.69, 9.17) is 4.74 Å². The summed E-state index contributed by atoms with van der Waals surface area (Å²) in [5.41, 5.74) is 1.07. The lowest BCUT2D eigenvalue weighted by Gasteiger charge is -2.39. The van der Waals surface area contributed by atoms with Gasteiger partial charge in [-0.25, -0.2) is 4.39 Å². The van der Waals surface area contributed by atoms with Gasteiger partial charge in [-0.15, -0.1) is 0 Å². The summed E-state index contributed by atoms with van der Waals surface area (Å²) < 4.78 is 88.0. The van der Waals surface area contributed by atoms with E-state index in [2.05, 4.69) is 13.0 Å². The molecule has 0 unspecified atom stereocenters. The summed E-state index contributed by atoms with van der Waals surface area (Å²) in [4.78, 5) is 0. The lowest BCUT2D eigenvalue weighted by Crippen LogP contribution is -2.38. The van der Waals surface area contributed by atoms with Gasteiger partial charge < -0.3 is 4.74 Å². The zero-order valence-corrected chi connectivity index (χ0v) is 23.2. The number of benzene rings is 2. The lowest BCUT2D eigenvalue weighted by molar-refractivity contribution is -0.224. The first kappa shape index (κ1) is 29.3. The maximum absolute atomic E-state index is 15.2. The molecule has 3 aliphatic rings. The van der Waals surface area contributed by atoms with Crippen molar-refractivity contribution in [1.29, 1.82) is 0 Å². The zero-order chi connectivity index (χ0) is 28.5. The van der Waals surface area contributed by atoms with E-state index in [1.54, 1.807) is 6.07 Å². The minimum atomic E-state index is -4.52. The normalized spacial score (nSPS) is 30.2. The summed E-state index contributed by atoms with van der Waals surface area (Å²) in [6.45, 7) is 2.29. The van der Waals surface area contributed by atoms with Crippen LogP contribution in [0.15, 0.2) is 42.5 Å². The number of hydrogen-bond acceptors (Lipinski definition) is 1. The first-order valence-corrected chi connectivity index (χ1v) is 15.0. The highest BCUT2D eigenvalue weighted by Gasteiger charge is 2.45. The number of rotatable bonds is 6. The number of alkyl halides is 5. The Morgan fingerprint density at radius 1 is 0.650 bits per heavy atom. The van der Waals surface area contributed by atoms with Crippen LogP contribution in [0.1, 0.15) is 112 Å². The van der Waals surface area contributed by atoms with E-state index in [1.165, 1.54) is 12.8 Å². The molecule has 7 heteroatoms. The third-order valence-corrected chi connectivity index (χ3v) is 10.1. The Morgan fingerprint density at radius 3 is 1.75 bits per heavy atom. The molecule has 0 N–H and O–H groups in total. The molecule has 0 heterocycles. The number of hydrogen-bond donors (Lipinski definition) is 0. The first-order chi connectivity index (χ1) is 19.0. The van der Waals surface area contributed by atoms with Crippen molar-refractivity contribution in [2.45, 2.75) is 108 Å². The molecule has 2 aromatic rings. The molecular weight excluding hydrogens is 526 g/mol. The van der Waals surface area contributed by atoms with E-state index in [-0.39, 0.29) is 17.5 Å². The van der Waals surface area contributed by atoms with Crippen molar-refractivity contribution in [3.8, 4) is 5.75 Å². The highest BCUT2D eigenvalue weighted by Crippen LogP contribution is 2.47. The third kappa shape index (κ3) is 6.82. The van der Waals surface area contributed by atoms with E-state index in [0.717, 1.165) is 79.8 Å². The van der Waals surface area contributed by atoms with Crippen molar-refractivity contribution in [1.82, 2.24) is 0 Å². The Balaban J connectivity index is 1.09. The molecule has 220 valence electrons. The number of halogens is 6. The molecule has 2 aromatic carbocycles. The van der Waals surface area contributed by atoms with Gasteiger partial charge in [-0.05, 0) is 135 Å². The molecule has 0 atom stereocenters. The van der Waals surface area contributed by atoms with E-state index < -0.39 is 23.8 Å². The summed E-state index contributed by atoms with van der Waals surface area (Å²) in [7, 11) is 0. The Kier molecular flexibility index (Phi) is 8.77. The smallest absolute Gasteiger partial charge is 0.416 e. The van der Waals surface area contributed by atoms with Crippen LogP contribution in [0.25, 0.3) is 0 Å². The standard InChI is InChI=1S/C33H40F6O/c1-21-2-4-24(5-3-21)26-12-19-30(31(34)20-26)25-8-6-22(7-9-25)23-10-13-28(14-11-23)33(38,39)40-29-17-15-27(16-18-29)32(35,36)37/h12,15-25,28H,2-11,13-14H2,1H3. The van der Waals surface area contributed by atoms with Gasteiger partial charge in [0, 0.05) is 0 Å². The Bertz CT molecular complexity index is 1100. The summed E-state index contributed by atoms with van der Waals surface area (Å²) in [5, 5.41) is 0. The molecule has 0 aliphatic heterocycles. The van der Waals surface area contributed by atoms with Gasteiger partial charge in [-0.1, -0.05) is 31.9 Å². The summed E-state index contributed by atoms with van der Waals surface area (Å²) in [5.74, 6) is 1.01. The first-order valence-electron chi connectivity index (χ1n) is 15.0. The van der Waals surface area contributed by atoms with Crippen LogP contribution >= 0.6 is 0 Å². The van der Waals surface area contributed by atoms with Crippen LogP contribution in [0.5, 0.6) is 5.75 Å². The quantitative estimate of drug-likeness (QED) is 0.316. The Morgan fingerprint density at radius 2 is 1.20 bits per heavy atom. The highest BCUT2D eigenvalue weighted by atomic mass is 19.4. The van der Waals surface area contributed by atoms with E-state index in [9.17, 15) is 22.0 Å². The second-order valence-electron chi connectivity index (χ2n) is 12.6. The molecule has 0 radical (unpaired) electrons. The third-order valence-electron chi connectivity index (χ3n) is 10.1. The lowest BCUT2D eigenvalue weighted by atomic mass is 9.68. The molecule has 40 heavy (non-hydrogen) atoms. The SMILES string of the molecule is CC1CCC(c2ccc(C3CCC(C4CCC(C(F)(F)Oc5ccc(C(F)(F)F)cc5)CC4)CC3)c(F)c2)CC1. The van der Waals surface area contributed by atoms with Crippen LogP contribution in [-0.2, 0) is 6.18 Å². The molecule has 0 spiro atoms. The van der Waals surface area contributed by atoms with Crippen LogP contribution in [0, 0.1) is 29.5 Å². The maximum atomic E-state index is 15.2. The predicted molar refractivity (Wildman–Crippen MR) is 144 cm³/mol. The van der Waals surface area contributed by atoms with Crippen molar-refractivity contribution >= 4 is 0 Å². The molecule has 3 aliphatic carbocycles. The van der Waals surface area contributed by atoms with Gasteiger partial charge in [0.05, 0.1) is 11.5 Å². The fraction of sp³-hybridized carbons (Fsp3) is 0.636. The van der Waals surface area contributed by atoms with Crippen molar-refractivity contribution in [2.75, 3.05) is 0 Å². The molecule has 3 fully saturated rings. The predicted octanol–water partition coefficient (Wildman–Crippen LogP) is 10.9. The average Bonchev–Trinajstić information content (AvgIpc) is 2.93. The summed E-state index contributed by atoms with van der Waals surface area (Å²) >= 11 is 0. The molecule has 0 saturated heterocycles. The van der Waals surface area contributed by atoms with Gasteiger partial charge in [-0.2, -0.15) is 22.0 Å². The fourth-order valence-electron chi connectivity index (χ4n) is 7.50. The van der Waals surface area contributed by atoms with Crippen molar-refractivity contribution in [3.63, 3.8) is 0 Å². The van der Waals surface area contributed by atoms with Gasteiger partial charge in [0.2, 0.25) is 0 Å². The van der Waals surface area contributed by atoms with E-state index in [0.29, 0.717) is 43.4 Å². The van der Waals surface area contributed by atoms with Crippen LogP contribution in [-0.4, -0.2) is 6.11 Å². The second kappa shape index (κ2) is 12.0. The topological polar surface area (TPSA) is 9.23 Å². The second-order valence-corrected chi connectivity index (χ2v) is 12.6. The van der Waals surface area contributed by atoms with Gasteiger partial charge in [0.15, 0.2) is 0 Å². The van der Waals surface area contributed by atoms with Crippen molar-refractivity contribution in [2.24, 2.45) is 23.7 Å². The molecule has 3 saturated carbocycles. The van der Waals surface area contributed by atoms with Crippen LogP contribution in [0.4, 0.5) is 26.3 Å². The highest BCUT2D eigenvalue weighted by molar-refractivity contribution is 5.31. The van der Waals surface area contributed by atoms with Gasteiger partial charge >= 0.3 is 12.3 Å². The number of ether oxygens (including phenoxy) is 1. The fourth-order valence-corrected chi connectivity index (χ4v) is 7.50. The largest absolute Gasteiger partial charge is 0.432 e. The van der Waals surface area contributed by atoms with Crippen LogP contribution < -0.4 is 4.74 Å². The average molecular weight is 567 g/mol. The zero-order valence-electron chi connectivity index (χ0n) is 23.2. The van der Waals surface area contributed by atoms with Gasteiger partial charge in [-0.3, -0.25) is 0 Å². The summed E-state index contributed by atoms with van der Waals surface area (Å²) in [6, 6.07) is 9.35. The van der Waals surface area contributed by atoms with Crippen molar-refractivity contribution < 1.29 is 31.1 Å². The van der Waals surface area contributed by atoms with Crippen LogP contribution in [0.3, 0.4) is 0 Å². The van der Waals surface area contributed by atoms with Gasteiger partial charge in [0.1, 0.15) is 11.6 Å². The van der Waals surface area contributed by atoms with Gasteiger partial charge in [0.25, 0.3) is 0 Å². The minimum Gasteiger partial charge on any atom is -0.432 e. The maximum Gasteiger partial charge on any atom is 0.416 e. The minimum absolute atomic E-state index is 0.0737. The molecule has 0 bridgehead atoms. The monoisotopic (exact) mass is 566 g/mol. The van der Waals surface area contributed by atoms with Crippen molar-refractivity contribution in [3.05, 3.63) is 65.0 Å². The Hall–Kier alpha value is -2.18. The van der Waals surface area contributed by atoms with Crippen LogP contribution in [0.2, 0.25) is 0 Å². The molecule has 1 nitrogen and oxygen atoms in total. The molecular formula is C33H40F6O. The molecule has 0 amide bonds. The van der Waals surface area contributed by atoms with E-state index >= 15 is 4.39 Å². The molecule has 5 rings (SSSR count). The Labute approximate surface area is 233 Å². The molecule has 0 aromatic heterocycles. The summed E-state index contributed by atoms with van der Waals surface area (Å²) in [6.07, 6.45) is 2.61.